The highest BCUT2D eigenvalue weighted by molar-refractivity contribution is 5.77. The molecule has 0 N–H and O–H groups in total. The van der Waals surface area contributed by atoms with Gasteiger partial charge in [-0.1, -0.05) is 0 Å². The quantitative estimate of drug-likeness (QED) is 0.704. The molecule has 0 saturated carbocycles. The Kier molecular flexibility index (Phi) is 3.29. The monoisotopic (exact) mass is 207 g/mol. The molecule has 0 bridgehead atoms. The maximum absolute atomic E-state index is 10.7. The van der Waals surface area contributed by atoms with Crippen LogP contribution in [0.5, 0.6) is 5.88 Å². The lowest BCUT2D eigenvalue weighted by atomic mass is 10.1. The third-order valence-electron chi connectivity index (χ3n) is 2.37. The molecule has 80 valence electrons. The first kappa shape index (κ1) is 10.1. The lowest BCUT2D eigenvalue weighted by Gasteiger charge is -2.23. The van der Waals surface area contributed by atoms with Crippen molar-refractivity contribution >= 4 is 6.29 Å². The number of aromatic nitrogens is 1. The Morgan fingerprint density at radius 3 is 3.00 bits per heavy atom. The molecule has 4 nitrogen and oxygen atoms in total. The van der Waals surface area contributed by atoms with E-state index in [4.69, 9.17) is 9.47 Å². The fourth-order valence-corrected chi connectivity index (χ4v) is 1.54. The van der Waals surface area contributed by atoms with E-state index in [1.54, 1.807) is 18.3 Å². The molecule has 1 aliphatic rings. The van der Waals surface area contributed by atoms with Crippen molar-refractivity contribution < 1.29 is 14.3 Å². The lowest BCUT2D eigenvalue weighted by Crippen LogP contribution is -2.26. The summed E-state index contributed by atoms with van der Waals surface area (Å²) in [5.41, 5.74) is 0.504. The second-order valence-electron chi connectivity index (χ2n) is 3.45. The van der Waals surface area contributed by atoms with Crippen LogP contribution in [0.4, 0.5) is 0 Å². The number of nitrogens with zero attached hydrogens (tertiary/aromatic N) is 1. The number of pyridine rings is 1. The van der Waals surface area contributed by atoms with E-state index in [1.807, 2.05) is 0 Å². The third-order valence-corrected chi connectivity index (χ3v) is 2.37. The number of hydrogen-bond acceptors (Lipinski definition) is 4. The summed E-state index contributed by atoms with van der Waals surface area (Å²) in [4.78, 5) is 14.8. The molecule has 0 atom stereocenters. The Balaban J connectivity index is 2.05. The van der Waals surface area contributed by atoms with Crippen LogP contribution in [-0.4, -0.2) is 30.6 Å². The molecule has 0 radical (unpaired) electrons. The standard InChI is InChI=1S/C11H13NO3/c13-8-9-2-1-5-12-11(9)15-10-3-6-14-7-4-10/h1-2,5,8,10H,3-4,6-7H2. The van der Waals surface area contributed by atoms with Crippen molar-refractivity contribution in [3.05, 3.63) is 23.9 Å². The van der Waals surface area contributed by atoms with Gasteiger partial charge in [0.05, 0.1) is 18.8 Å². The summed E-state index contributed by atoms with van der Waals surface area (Å²) >= 11 is 0. The van der Waals surface area contributed by atoms with Crippen LogP contribution in [0.25, 0.3) is 0 Å². The fraction of sp³-hybridized carbons (Fsp3) is 0.455. The zero-order valence-electron chi connectivity index (χ0n) is 8.39. The van der Waals surface area contributed by atoms with Crippen LogP contribution < -0.4 is 4.74 Å². The van der Waals surface area contributed by atoms with Gasteiger partial charge in [0.25, 0.3) is 0 Å². The van der Waals surface area contributed by atoms with Crippen molar-refractivity contribution in [1.82, 2.24) is 4.98 Å². The van der Waals surface area contributed by atoms with Crippen LogP contribution in [-0.2, 0) is 4.74 Å². The molecule has 1 aliphatic heterocycles. The fourth-order valence-electron chi connectivity index (χ4n) is 1.54. The Morgan fingerprint density at radius 1 is 1.47 bits per heavy atom. The first-order valence-electron chi connectivity index (χ1n) is 5.05. The summed E-state index contributed by atoms with van der Waals surface area (Å²) in [5, 5.41) is 0. The van der Waals surface area contributed by atoms with Gasteiger partial charge in [-0.3, -0.25) is 4.79 Å². The molecule has 4 heteroatoms. The number of aldehydes is 1. The third kappa shape index (κ3) is 2.53. The Morgan fingerprint density at radius 2 is 2.27 bits per heavy atom. The molecule has 0 amide bonds. The summed E-state index contributed by atoms with van der Waals surface area (Å²) in [7, 11) is 0. The minimum Gasteiger partial charge on any atom is -0.474 e. The highest BCUT2D eigenvalue weighted by Crippen LogP contribution is 2.18. The lowest BCUT2D eigenvalue weighted by molar-refractivity contribution is 0.0235. The minimum absolute atomic E-state index is 0.118. The van der Waals surface area contributed by atoms with E-state index in [9.17, 15) is 4.79 Å². The predicted octanol–water partition coefficient (Wildman–Crippen LogP) is 1.45. The largest absolute Gasteiger partial charge is 0.474 e. The van der Waals surface area contributed by atoms with E-state index in [1.165, 1.54) is 0 Å². The number of carbonyl (C=O) groups is 1. The SMILES string of the molecule is O=Cc1cccnc1OC1CCOCC1. The van der Waals surface area contributed by atoms with Crippen molar-refractivity contribution in [1.29, 1.82) is 0 Å². The molecular weight excluding hydrogens is 194 g/mol. The van der Waals surface area contributed by atoms with Gasteiger partial charge in [-0.15, -0.1) is 0 Å². The van der Waals surface area contributed by atoms with Crippen LogP contribution >= 0.6 is 0 Å². The topological polar surface area (TPSA) is 48.4 Å². The number of hydrogen-bond donors (Lipinski definition) is 0. The summed E-state index contributed by atoms with van der Waals surface area (Å²) in [6.45, 7) is 1.43. The molecule has 0 aromatic carbocycles. The van der Waals surface area contributed by atoms with Gasteiger partial charge in [0.15, 0.2) is 6.29 Å². The molecular formula is C11H13NO3. The average Bonchev–Trinajstić information content (AvgIpc) is 2.31. The van der Waals surface area contributed by atoms with Gasteiger partial charge in [-0.2, -0.15) is 0 Å². The minimum atomic E-state index is 0.118. The van der Waals surface area contributed by atoms with Crippen molar-refractivity contribution in [2.45, 2.75) is 18.9 Å². The van der Waals surface area contributed by atoms with Gasteiger partial charge in [0.2, 0.25) is 5.88 Å². The van der Waals surface area contributed by atoms with Crippen LogP contribution in [0.2, 0.25) is 0 Å². The maximum Gasteiger partial charge on any atom is 0.224 e. The van der Waals surface area contributed by atoms with Crippen LogP contribution in [0.1, 0.15) is 23.2 Å². The first-order valence-corrected chi connectivity index (χ1v) is 5.05. The molecule has 1 saturated heterocycles. The second-order valence-corrected chi connectivity index (χ2v) is 3.45. The van der Waals surface area contributed by atoms with Crippen molar-refractivity contribution in [2.75, 3.05) is 13.2 Å². The van der Waals surface area contributed by atoms with Gasteiger partial charge >= 0.3 is 0 Å². The van der Waals surface area contributed by atoms with Gasteiger partial charge in [-0.05, 0) is 12.1 Å². The molecule has 15 heavy (non-hydrogen) atoms. The van der Waals surface area contributed by atoms with Crippen LogP contribution in [0, 0.1) is 0 Å². The predicted molar refractivity (Wildman–Crippen MR) is 54.1 cm³/mol. The van der Waals surface area contributed by atoms with Crippen molar-refractivity contribution in [3.63, 3.8) is 0 Å². The summed E-state index contributed by atoms with van der Waals surface area (Å²) in [6.07, 6.45) is 4.22. The molecule has 1 aromatic rings. The number of rotatable bonds is 3. The van der Waals surface area contributed by atoms with Gasteiger partial charge in [0.1, 0.15) is 6.10 Å². The maximum atomic E-state index is 10.7. The van der Waals surface area contributed by atoms with E-state index >= 15 is 0 Å². The Hall–Kier alpha value is -1.42. The highest BCUT2D eigenvalue weighted by atomic mass is 16.5. The molecule has 1 fully saturated rings. The molecule has 0 spiro atoms. The van der Waals surface area contributed by atoms with Crippen molar-refractivity contribution in [2.24, 2.45) is 0 Å². The van der Waals surface area contributed by atoms with Gasteiger partial charge in [-0.25, -0.2) is 4.98 Å². The van der Waals surface area contributed by atoms with Crippen LogP contribution in [0.15, 0.2) is 18.3 Å². The molecule has 2 rings (SSSR count). The molecule has 0 unspecified atom stereocenters. The normalized spacial score (nSPS) is 17.3. The van der Waals surface area contributed by atoms with E-state index < -0.39 is 0 Å². The Labute approximate surface area is 88.2 Å². The zero-order valence-corrected chi connectivity index (χ0v) is 8.39. The summed E-state index contributed by atoms with van der Waals surface area (Å²) in [5.74, 6) is 0.430. The zero-order chi connectivity index (χ0) is 10.5. The molecule has 1 aromatic heterocycles. The Bertz CT molecular complexity index is 334. The summed E-state index contributed by atoms with van der Waals surface area (Å²) in [6, 6.07) is 3.43. The van der Waals surface area contributed by atoms with E-state index in [2.05, 4.69) is 4.98 Å². The van der Waals surface area contributed by atoms with E-state index in [0.717, 1.165) is 19.1 Å². The molecule has 0 aliphatic carbocycles. The van der Waals surface area contributed by atoms with Crippen molar-refractivity contribution in [3.8, 4) is 5.88 Å². The van der Waals surface area contributed by atoms with E-state index in [-0.39, 0.29) is 6.10 Å². The smallest absolute Gasteiger partial charge is 0.224 e. The second kappa shape index (κ2) is 4.89. The molecule has 2 heterocycles. The highest BCUT2D eigenvalue weighted by Gasteiger charge is 2.17. The van der Waals surface area contributed by atoms with Gasteiger partial charge < -0.3 is 9.47 Å². The number of ether oxygens (including phenoxy) is 2. The van der Waals surface area contributed by atoms with E-state index in [0.29, 0.717) is 24.7 Å². The summed E-state index contributed by atoms with van der Waals surface area (Å²) < 4.78 is 10.9. The first-order chi connectivity index (χ1) is 7.40. The van der Waals surface area contributed by atoms with Gasteiger partial charge in [0, 0.05) is 19.0 Å². The average molecular weight is 207 g/mol. The van der Waals surface area contributed by atoms with Crippen LogP contribution in [0.3, 0.4) is 0 Å². The number of carbonyl (C=O) groups excluding carboxylic acids is 1.